The second-order valence-electron chi connectivity index (χ2n) is 4.00. The first kappa shape index (κ1) is 12.9. The van der Waals surface area contributed by atoms with E-state index in [0.717, 1.165) is 0 Å². The van der Waals surface area contributed by atoms with Crippen molar-refractivity contribution >= 4 is 22.9 Å². The van der Waals surface area contributed by atoms with Gasteiger partial charge in [-0.25, -0.2) is 4.79 Å². The number of hydrogen-bond acceptors (Lipinski definition) is 4. The highest BCUT2D eigenvalue weighted by atomic mass is 16.4. The monoisotopic (exact) mass is 259 g/mol. The highest BCUT2D eigenvalue weighted by molar-refractivity contribution is 6.05. The first-order valence-corrected chi connectivity index (χ1v) is 5.87. The van der Waals surface area contributed by atoms with E-state index < -0.39 is 17.9 Å². The van der Waals surface area contributed by atoms with Crippen molar-refractivity contribution in [2.75, 3.05) is 0 Å². The molecule has 0 aliphatic rings. The van der Waals surface area contributed by atoms with E-state index >= 15 is 0 Å². The second kappa shape index (κ2) is 5.43. The Bertz CT molecular complexity index is 622. The maximum absolute atomic E-state index is 12.1. The smallest absolute Gasteiger partial charge is 0.326 e. The zero-order chi connectivity index (χ0) is 13.8. The summed E-state index contributed by atoms with van der Waals surface area (Å²) in [5, 5.41) is 11.4. The molecule has 0 saturated carbocycles. The number of nitrogens with one attached hydrogen (secondary N) is 1. The van der Waals surface area contributed by atoms with Crippen LogP contribution in [-0.2, 0) is 4.79 Å². The molecular formula is C13H13N3O3. The molecule has 1 amide bonds. The third kappa shape index (κ3) is 2.67. The largest absolute Gasteiger partial charge is 0.480 e. The Labute approximate surface area is 109 Å². The lowest BCUT2D eigenvalue weighted by atomic mass is 10.1. The van der Waals surface area contributed by atoms with E-state index in [4.69, 9.17) is 5.11 Å². The number of carbonyl (C=O) groups excluding carboxylic acids is 1. The molecule has 2 N–H and O–H groups in total. The van der Waals surface area contributed by atoms with Crippen molar-refractivity contribution in [1.82, 2.24) is 15.3 Å². The number of carboxylic acid groups (broad SMARTS) is 1. The number of hydrogen-bond donors (Lipinski definition) is 2. The van der Waals surface area contributed by atoms with Crippen LogP contribution in [0.25, 0.3) is 11.0 Å². The fourth-order valence-electron chi connectivity index (χ4n) is 1.75. The van der Waals surface area contributed by atoms with Crippen molar-refractivity contribution in [3.8, 4) is 0 Å². The van der Waals surface area contributed by atoms with Crippen LogP contribution in [0.1, 0.15) is 23.7 Å². The molecule has 2 aromatic rings. The minimum atomic E-state index is -1.05. The summed E-state index contributed by atoms with van der Waals surface area (Å²) < 4.78 is 0. The molecule has 0 unspecified atom stereocenters. The molecule has 1 aromatic heterocycles. The van der Waals surface area contributed by atoms with E-state index in [2.05, 4.69) is 15.3 Å². The van der Waals surface area contributed by atoms with Crippen molar-refractivity contribution in [2.45, 2.75) is 19.4 Å². The summed E-state index contributed by atoms with van der Waals surface area (Å²) >= 11 is 0. The molecule has 0 spiro atoms. The van der Waals surface area contributed by atoms with Crippen LogP contribution >= 0.6 is 0 Å². The van der Waals surface area contributed by atoms with Crippen LogP contribution in [0.3, 0.4) is 0 Å². The van der Waals surface area contributed by atoms with Crippen LogP contribution in [-0.4, -0.2) is 33.0 Å². The number of aromatic nitrogens is 2. The van der Waals surface area contributed by atoms with Gasteiger partial charge in [-0.15, -0.1) is 0 Å². The van der Waals surface area contributed by atoms with Gasteiger partial charge in [-0.3, -0.25) is 14.8 Å². The second-order valence-corrected chi connectivity index (χ2v) is 4.00. The molecule has 0 saturated heterocycles. The van der Waals surface area contributed by atoms with Crippen LogP contribution < -0.4 is 5.32 Å². The summed E-state index contributed by atoms with van der Waals surface area (Å²) in [6, 6.07) is 4.13. The number of nitrogens with zero attached hydrogens (tertiary/aromatic N) is 2. The van der Waals surface area contributed by atoms with Crippen LogP contribution in [0, 0.1) is 0 Å². The van der Waals surface area contributed by atoms with Crippen LogP contribution in [0.4, 0.5) is 0 Å². The number of rotatable bonds is 4. The third-order valence-corrected chi connectivity index (χ3v) is 2.75. The molecule has 0 bridgehead atoms. The van der Waals surface area contributed by atoms with Crippen LogP contribution in [0.2, 0.25) is 0 Å². The van der Waals surface area contributed by atoms with Crippen molar-refractivity contribution in [3.05, 3.63) is 36.2 Å². The Kier molecular flexibility index (Phi) is 3.70. The van der Waals surface area contributed by atoms with Gasteiger partial charge in [-0.1, -0.05) is 13.0 Å². The number of para-hydroxylation sites is 1. The third-order valence-electron chi connectivity index (χ3n) is 2.75. The standard InChI is InChI=1S/C13H13N3O3/c1-2-9(13(18)19)16-12(17)8-4-3-5-10-11(8)15-7-6-14-10/h3-7,9H,2H2,1H3,(H,16,17)(H,18,19)/t9-/m1/s1. The molecule has 0 aliphatic heterocycles. The average molecular weight is 259 g/mol. The van der Waals surface area contributed by atoms with E-state index in [1.54, 1.807) is 25.1 Å². The molecule has 2 rings (SSSR count). The predicted octanol–water partition coefficient (Wildman–Crippen LogP) is 1.22. The Morgan fingerprint density at radius 3 is 2.74 bits per heavy atom. The van der Waals surface area contributed by atoms with Gasteiger partial charge in [-0.05, 0) is 18.6 Å². The first-order valence-electron chi connectivity index (χ1n) is 5.87. The summed E-state index contributed by atoms with van der Waals surface area (Å²) in [5.41, 5.74) is 1.38. The quantitative estimate of drug-likeness (QED) is 0.861. The molecule has 6 heteroatoms. The molecule has 0 radical (unpaired) electrons. The van der Waals surface area contributed by atoms with Gasteiger partial charge in [0.2, 0.25) is 0 Å². The van der Waals surface area contributed by atoms with Gasteiger partial charge < -0.3 is 10.4 Å². The van der Waals surface area contributed by atoms with E-state index in [-0.39, 0.29) is 0 Å². The van der Waals surface area contributed by atoms with Gasteiger partial charge in [0.25, 0.3) is 5.91 Å². The Hall–Kier alpha value is -2.50. The average Bonchev–Trinajstić information content (AvgIpc) is 2.43. The van der Waals surface area contributed by atoms with Gasteiger partial charge in [0.05, 0.1) is 11.1 Å². The number of carboxylic acids is 1. The van der Waals surface area contributed by atoms with Gasteiger partial charge >= 0.3 is 5.97 Å². The van der Waals surface area contributed by atoms with Crippen LogP contribution in [0.15, 0.2) is 30.6 Å². The van der Waals surface area contributed by atoms with Gasteiger partial charge in [-0.2, -0.15) is 0 Å². The topological polar surface area (TPSA) is 92.2 Å². The molecule has 1 atom stereocenters. The maximum Gasteiger partial charge on any atom is 0.326 e. The highest BCUT2D eigenvalue weighted by Crippen LogP contribution is 2.13. The molecule has 0 fully saturated rings. The number of benzene rings is 1. The Balaban J connectivity index is 2.34. The minimum Gasteiger partial charge on any atom is -0.480 e. The molecule has 1 heterocycles. The van der Waals surface area contributed by atoms with Crippen LogP contribution in [0.5, 0.6) is 0 Å². The number of amides is 1. The first-order chi connectivity index (χ1) is 9.13. The Morgan fingerprint density at radius 1 is 1.32 bits per heavy atom. The summed E-state index contributed by atoms with van der Waals surface area (Å²) in [7, 11) is 0. The van der Waals surface area contributed by atoms with Gasteiger partial charge in [0, 0.05) is 12.4 Å². The summed E-state index contributed by atoms with van der Waals surface area (Å²) in [4.78, 5) is 31.2. The molecule has 6 nitrogen and oxygen atoms in total. The molecular weight excluding hydrogens is 246 g/mol. The molecule has 98 valence electrons. The number of fused-ring (bicyclic) bond motifs is 1. The minimum absolute atomic E-state index is 0.317. The number of carbonyl (C=O) groups is 2. The lowest BCUT2D eigenvalue weighted by molar-refractivity contribution is -0.139. The summed E-state index contributed by atoms with van der Waals surface area (Å²) in [6.07, 6.45) is 3.35. The zero-order valence-electron chi connectivity index (χ0n) is 10.3. The lowest BCUT2D eigenvalue weighted by Gasteiger charge is -2.12. The normalized spacial score (nSPS) is 12.1. The fraction of sp³-hybridized carbons (Fsp3) is 0.231. The molecule has 0 aliphatic carbocycles. The fourth-order valence-corrected chi connectivity index (χ4v) is 1.75. The SMILES string of the molecule is CC[C@@H](NC(=O)c1cccc2nccnc12)C(=O)O. The van der Waals surface area contributed by atoms with Crippen molar-refractivity contribution in [3.63, 3.8) is 0 Å². The highest BCUT2D eigenvalue weighted by Gasteiger charge is 2.20. The Morgan fingerprint density at radius 2 is 2.05 bits per heavy atom. The predicted molar refractivity (Wildman–Crippen MR) is 68.7 cm³/mol. The number of aliphatic carboxylic acids is 1. The van der Waals surface area contributed by atoms with E-state index in [1.165, 1.54) is 12.4 Å². The molecule has 19 heavy (non-hydrogen) atoms. The van der Waals surface area contributed by atoms with Gasteiger partial charge in [0.1, 0.15) is 11.6 Å². The van der Waals surface area contributed by atoms with E-state index in [1.807, 2.05) is 0 Å². The maximum atomic E-state index is 12.1. The lowest BCUT2D eigenvalue weighted by Crippen LogP contribution is -2.40. The van der Waals surface area contributed by atoms with Crippen molar-refractivity contribution < 1.29 is 14.7 Å². The zero-order valence-corrected chi connectivity index (χ0v) is 10.3. The summed E-state index contributed by atoms with van der Waals surface area (Å²) in [5.74, 6) is -1.51. The van der Waals surface area contributed by atoms with E-state index in [0.29, 0.717) is 23.0 Å². The summed E-state index contributed by atoms with van der Waals surface area (Å²) in [6.45, 7) is 1.70. The van der Waals surface area contributed by atoms with Gasteiger partial charge in [0.15, 0.2) is 0 Å². The van der Waals surface area contributed by atoms with Crippen molar-refractivity contribution in [2.24, 2.45) is 0 Å². The van der Waals surface area contributed by atoms with E-state index in [9.17, 15) is 9.59 Å². The molecule has 1 aromatic carbocycles. The van der Waals surface area contributed by atoms with Crippen molar-refractivity contribution in [1.29, 1.82) is 0 Å².